The van der Waals surface area contributed by atoms with E-state index in [9.17, 15) is 0 Å². The van der Waals surface area contributed by atoms with Crippen LogP contribution in [-0.4, -0.2) is 62.8 Å². The van der Waals surface area contributed by atoms with Crippen molar-refractivity contribution in [2.75, 3.05) is 38.5 Å². The van der Waals surface area contributed by atoms with Gasteiger partial charge in [0.2, 0.25) is 5.95 Å². The van der Waals surface area contributed by atoms with Crippen LogP contribution in [0.25, 0.3) is 22.0 Å². The van der Waals surface area contributed by atoms with Crippen molar-refractivity contribution in [2.45, 2.75) is 6.54 Å². The van der Waals surface area contributed by atoms with Gasteiger partial charge in [-0.25, -0.2) is 9.97 Å². The maximum atomic E-state index is 6.42. The van der Waals surface area contributed by atoms with Gasteiger partial charge in [0.25, 0.3) is 0 Å². The number of aromatic nitrogens is 4. The molecule has 2 aromatic carbocycles. The Morgan fingerprint density at radius 2 is 1.82 bits per heavy atom. The molecular formula is C24H25BrClN7. The lowest BCUT2D eigenvalue weighted by molar-refractivity contribution is 0.148. The first-order valence-electron chi connectivity index (χ1n) is 10.9. The number of benzene rings is 2. The zero-order valence-electron chi connectivity index (χ0n) is 18.6. The van der Waals surface area contributed by atoms with Crippen LogP contribution in [-0.2, 0) is 13.6 Å². The number of aryl methyl sites for hydroxylation is 1. The molecule has 33 heavy (non-hydrogen) atoms. The molecule has 1 aliphatic rings. The van der Waals surface area contributed by atoms with E-state index in [0.717, 1.165) is 64.9 Å². The molecule has 0 aliphatic carbocycles. The first-order chi connectivity index (χ1) is 15.9. The first kappa shape index (κ1) is 22.3. The third-order valence-electron chi connectivity index (χ3n) is 5.89. The Labute approximate surface area is 206 Å². The molecule has 0 radical (unpaired) electrons. The molecule has 1 fully saturated rings. The van der Waals surface area contributed by atoms with Gasteiger partial charge in [-0.3, -0.25) is 9.58 Å². The largest absolute Gasteiger partial charge is 0.324 e. The van der Waals surface area contributed by atoms with Gasteiger partial charge in [0.1, 0.15) is 0 Å². The molecule has 0 atom stereocenters. The SMILES string of the molecule is CN1CCN(Cc2cc(Nc3ncc4cc(Br)cc(Cl)c4n3)cc(-c3cnn(C)c3)c2)CC1. The number of likely N-dealkylation sites (N-methyl/N-ethyl adjacent to an activating group) is 1. The van der Waals surface area contributed by atoms with E-state index in [0.29, 0.717) is 11.0 Å². The van der Waals surface area contributed by atoms with Gasteiger partial charge in [-0.05, 0) is 48.5 Å². The summed E-state index contributed by atoms with van der Waals surface area (Å²) in [5.74, 6) is 0.514. The van der Waals surface area contributed by atoms with Gasteiger partial charge in [-0.2, -0.15) is 5.10 Å². The predicted octanol–water partition coefficient (Wildman–Crippen LogP) is 4.94. The van der Waals surface area contributed by atoms with E-state index in [2.05, 4.69) is 71.4 Å². The van der Waals surface area contributed by atoms with Gasteiger partial charge >= 0.3 is 0 Å². The molecule has 5 rings (SSSR count). The zero-order chi connectivity index (χ0) is 22.9. The fourth-order valence-corrected chi connectivity index (χ4v) is 4.99. The van der Waals surface area contributed by atoms with Gasteiger partial charge < -0.3 is 10.2 Å². The summed E-state index contributed by atoms with van der Waals surface area (Å²) < 4.78 is 2.73. The van der Waals surface area contributed by atoms with Crippen molar-refractivity contribution in [1.29, 1.82) is 0 Å². The van der Waals surface area contributed by atoms with Crippen molar-refractivity contribution in [3.8, 4) is 11.1 Å². The molecule has 0 spiro atoms. The Balaban J connectivity index is 1.47. The maximum Gasteiger partial charge on any atom is 0.227 e. The quantitative estimate of drug-likeness (QED) is 0.398. The van der Waals surface area contributed by atoms with Crippen molar-refractivity contribution in [2.24, 2.45) is 7.05 Å². The molecular weight excluding hydrogens is 502 g/mol. The molecule has 9 heteroatoms. The normalized spacial score (nSPS) is 15.3. The number of rotatable bonds is 5. The fraction of sp³-hybridized carbons (Fsp3) is 0.292. The average molecular weight is 527 g/mol. The van der Waals surface area contributed by atoms with Crippen molar-refractivity contribution >= 4 is 50.1 Å². The van der Waals surface area contributed by atoms with E-state index in [1.807, 2.05) is 36.3 Å². The van der Waals surface area contributed by atoms with Crippen molar-refractivity contribution < 1.29 is 0 Å². The summed E-state index contributed by atoms with van der Waals surface area (Å²) in [6.07, 6.45) is 5.71. The second-order valence-electron chi connectivity index (χ2n) is 8.54. The molecule has 1 aliphatic heterocycles. The molecule has 2 aromatic heterocycles. The number of nitrogens with one attached hydrogen (secondary N) is 1. The number of hydrogen-bond donors (Lipinski definition) is 1. The van der Waals surface area contributed by atoms with Gasteiger partial charge in [0, 0.05) is 73.3 Å². The topological polar surface area (TPSA) is 62.1 Å². The summed E-state index contributed by atoms with van der Waals surface area (Å²) in [4.78, 5) is 14.0. The molecule has 0 unspecified atom stereocenters. The van der Waals surface area contributed by atoms with E-state index in [4.69, 9.17) is 11.6 Å². The highest BCUT2D eigenvalue weighted by Gasteiger charge is 2.15. The molecule has 3 heterocycles. The Hall–Kier alpha value is -2.52. The summed E-state index contributed by atoms with van der Waals surface area (Å²) in [5.41, 5.74) is 5.09. The molecule has 1 N–H and O–H groups in total. The Bertz CT molecular complexity index is 1300. The average Bonchev–Trinajstić information content (AvgIpc) is 3.22. The van der Waals surface area contributed by atoms with Crippen LogP contribution in [0.3, 0.4) is 0 Å². The minimum Gasteiger partial charge on any atom is -0.324 e. The number of anilines is 2. The highest BCUT2D eigenvalue weighted by atomic mass is 79.9. The fourth-order valence-electron chi connectivity index (χ4n) is 4.11. The zero-order valence-corrected chi connectivity index (χ0v) is 20.9. The van der Waals surface area contributed by atoms with E-state index >= 15 is 0 Å². The monoisotopic (exact) mass is 525 g/mol. The summed E-state index contributed by atoms with van der Waals surface area (Å²) >= 11 is 9.89. The molecule has 0 bridgehead atoms. The second-order valence-corrected chi connectivity index (χ2v) is 9.87. The van der Waals surface area contributed by atoms with Crippen LogP contribution >= 0.6 is 27.5 Å². The van der Waals surface area contributed by atoms with Crippen LogP contribution in [0.1, 0.15) is 5.56 Å². The third kappa shape index (κ3) is 5.19. The lowest BCUT2D eigenvalue weighted by Gasteiger charge is -2.32. The molecule has 7 nitrogen and oxygen atoms in total. The number of hydrogen-bond acceptors (Lipinski definition) is 6. The van der Waals surface area contributed by atoms with Gasteiger partial charge in [-0.1, -0.05) is 27.5 Å². The van der Waals surface area contributed by atoms with Crippen LogP contribution in [0.15, 0.2) is 53.4 Å². The smallest absolute Gasteiger partial charge is 0.227 e. The molecule has 0 amide bonds. The van der Waals surface area contributed by atoms with Crippen LogP contribution in [0, 0.1) is 0 Å². The van der Waals surface area contributed by atoms with Crippen molar-refractivity contribution in [3.63, 3.8) is 0 Å². The lowest BCUT2D eigenvalue weighted by Crippen LogP contribution is -2.43. The summed E-state index contributed by atoms with van der Waals surface area (Å²) in [6.45, 7) is 5.22. The Morgan fingerprint density at radius 3 is 2.58 bits per heavy atom. The van der Waals surface area contributed by atoms with Crippen LogP contribution in [0.4, 0.5) is 11.6 Å². The van der Waals surface area contributed by atoms with E-state index in [1.54, 1.807) is 6.20 Å². The highest BCUT2D eigenvalue weighted by Crippen LogP contribution is 2.29. The second kappa shape index (κ2) is 9.38. The highest BCUT2D eigenvalue weighted by molar-refractivity contribution is 9.10. The number of piperazine rings is 1. The van der Waals surface area contributed by atoms with Crippen molar-refractivity contribution in [3.05, 3.63) is 64.0 Å². The standard InChI is InChI=1S/C24H25BrClN7/c1-31-3-5-33(6-4-31)14-16-7-17(19-13-28-32(2)15-19)10-21(8-16)29-24-27-12-18-9-20(25)11-22(26)23(18)30-24/h7-13,15H,3-6,14H2,1-2H3,(H,27,29,30). The Kier molecular flexibility index (Phi) is 6.34. The van der Waals surface area contributed by atoms with E-state index < -0.39 is 0 Å². The predicted molar refractivity (Wildman–Crippen MR) is 137 cm³/mol. The minimum atomic E-state index is 0.514. The van der Waals surface area contributed by atoms with Crippen LogP contribution < -0.4 is 5.32 Å². The first-order valence-corrected chi connectivity index (χ1v) is 12.0. The maximum absolute atomic E-state index is 6.42. The number of fused-ring (bicyclic) bond motifs is 1. The third-order valence-corrected chi connectivity index (χ3v) is 6.64. The number of halogens is 2. The number of nitrogens with zero attached hydrogens (tertiary/aromatic N) is 6. The van der Waals surface area contributed by atoms with Gasteiger partial charge in [0.15, 0.2) is 0 Å². The molecule has 1 saturated heterocycles. The van der Waals surface area contributed by atoms with Gasteiger partial charge in [-0.15, -0.1) is 0 Å². The minimum absolute atomic E-state index is 0.514. The van der Waals surface area contributed by atoms with Crippen LogP contribution in [0.5, 0.6) is 0 Å². The summed E-state index contributed by atoms with van der Waals surface area (Å²) in [7, 11) is 4.11. The molecule has 170 valence electrons. The van der Waals surface area contributed by atoms with Crippen LogP contribution in [0.2, 0.25) is 5.02 Å². The molecule has 0 saturated carbocycles. The summed E-state index contributed by atoms with van der Waals surface area (Å²) in [5, 5.41) is 9.22. The van der Waals surface area contributed by atoms with Gasteiger partial charge in [0.05, 0.1) is 16.7 Å². The van der Waals surface area contributed by atoms with Crippen molar-refractivity contribution in [1.82, 2.24) is 29.5 Å². The lowest BCUT2D eigenvalue weighted by atomic mass is 10.0. The molecule has 4 aromatic rings. The summed E-state index contributed by atoms with van der Waals surface area (Å²) in [6, 6.07) is 10.3. The van der Waals surface area contributed by atoms with E-state index in [1.165, 1.54) is 5.56 Å². The Morgan fingerprint density at radius 1 is 1.00 bits per heavy atom. The van der Waals surface area contributed by atoms with E-state index in [-0.39, 0.29) is 0 Å².